The Morgan fingerprint density at radius 2 is 1.63 bits per heavy atom. The summed E-state index contributed by atoms with van der Waals surface area (Å²) < 4.78 is 13.0. The summed E-state index contributed by atoms with van der Waals surface area (Å²) in [4.78, 5) is 0. The van der Waals surface area contributed by atoms with E-state index in [0.717, 1.165) is 12.1 Å². The summed E-state index contributed by atoms with van der Waals surface area (Å²) >= 11 is 11.8. The number of phenols is 2. The predicted octanol–water partition coefficient (Wildman–Crippen LogP) is 4.16. The van der Waals surface area contributed by atoms with E-state index in [9.17, 15) is 14.6 Å². The van der Waals surface area contributed by atoms with Gasteiger partial charge in [-0.15, -0.1) is 0 Å². The van der Waals surface area contributed by atoms with Gasteiger partial charge in [-0.2, -0.15) is 0 Å². The van der Waals surface area contributed by atoms with Gasteiger partial charge in [-0.1, -0.05) is 29.3 Å². The van der Waals surface area contributed by atoms with E-state index in [-0.39, 0.29) is 21.5 Å². The Morgan fingerprint density at radius 1 is 1.00 bits per heavy atom. The number of rotatable bonds is 3. The minimum atomic E-state index is -0.511. The lowest BCUT2D eigenvalue weighted by molar-refractivity contribution is 0.403. The topological polar surface area (TPSA) is 52.5 Å². The molecule has 0 fully saturated rings. The maximum atomic E-state index is 13.0. The standard InChI is InChI=1S/C13H10Cl2FNO2/c14-9-4-8(16)5-10(15)13(9)17-6-7-1-2-11(18)12(19)3-7/h1-5,17-19H,6H2. The van der Waals surface area contributed by atoms with Crippen molar-refractivity contribution in [3.05, 3.63) is 51.8 Å². The second-order valence-corrected chi connectivity index (χ2v) is 4.74. The normalized spacial score (nSPS) is 10.5. The molecule has 0 aromatic heterocycles. The number of nitrogens with one attached hydrogen (secondary N) is 1. The summed E-state index contributed by atoms with van der Waals surface area (Å²) in [5.41, 5.74) is 1.13. The Morgan fingerprint density at radius 3 is 2.21 bits per heavy atom. The number of phenolic OH excluding ortho intramolecular Hbond substituents is 2. The van der Waals surface area contributed by atoms with Crippen LogP contribution in [0.3, 0.4) is 0 Å². The van der Waals surface area contributed by atoms with Crippen LogP contribution in [0.4, 0.5) is 10.1 Å². The Labute approximate surface area is 119 Å². The predicted molar refractivity (Wildman–Crippen MR) is 73.5 cm³/mol. The number of anilines is 1. The van der Waals surface area contributed by atoms with E-state index in [2.05, 4.69) is 5.32 Å². The molecule has 0 unspecified atom stereocenters. The fraction of sp³-hybridized carbons (Fsp3) is 0.0769. The molecule has 0 aliphatic rings. The minimum Gasteiger partial charge on any atom is -0.504 e. The monoisotopic (exact) mass is 301 g/mol. The van der Waals surface area contributed by atoms with Crippen molar-refractivity contribution < 1.29 is 14.6 Å². The van der Waals surface area contributed by atoms with E-state index in [1.807, 2.05) is 0 Å². The van der Waals surface area contributed by atoms with Crippen molar-refractivity contribution in [3.8, 4) is 11.5 Å². The smallest absolute Gasteiger partial charge is 0.157 e. The van der Waals surface area contributed by atoms with Crippen LogP contribution in [0.5, 0.6) is 11.5 Å². The number of hydrogen-bond donors (Lipinski definition) is 3. The first-order valence-corrected chi connectivity index (χ1v) is 6.12. The second kappa shape index (κ2) is 5.55. The molecule has 2 aromatic rings. The molecule has 6 heteroatoms. The first-order valence-electron chi connectivity index (χ1n) is 5.36. The molecule has 3 nitrogen and oxygen atoms in total. The summed E-state index contributed by atoms with van der Waals surface area (Å²) in [6.07, 6.45) is 0. The Hall–Kier alpha value is -1.65. The van der Waals surface area contributed by atoms with Crippen LogP contribution in [0.15, 0.2) is 30.3 Å². The van der Waals surface area contributed by atoms with Crippen molar-refractivity contribution in [2.75, 3.05) is 5.32 Å². The zero-order valence-electron chi connectivity index (χ0n) is 9.62. The maximum absolute atomic E-state index is 13.0. The molecule has 0 bridgehead atoms. The van der Waals surface area contributed by atoms with Crippen molar-refractivity contribution in [2.24, 2.45) is 0 Å². The van der Waals surface area contributed by atoms with E-state index in [4.69, 9.17) is 23.2 Å². The van der Waals surface area contributed by atoms with Crippen molar-refractivity contribution in [1.82, 2.24) is 0 Å². The van der Waals surface area contributed by atoms with Crippen LogP contribution < -0.4 is 5.32 Å². The Kier molecular flexibility index (Phi) is 4.02. The van der Waals surface area contributed by atoms with Gasteiger partial charge in [0.25, 0.3) is 0 Å². The van der Waals surface area contributed by atoms with Crippen LogP contribution >= 0.6 is 23.2 Å². The molecule has 0 radical (unpaired) electrons. The first kappa shape index (κ1) is 13.8. The fourth-order valence-corrected chi connectivity index (χ4v) is 2.17. The van der Waals surface area contributed by atoms with Crippen LogP contribution in [-0.2, 0) is 6.54 Å². The molecule has 0 saturated carbocycles. The summed E-state index contributed by atoms with van der Waals surface area (Å²) in [5, 5.41) is 21.9. The highest BCUT2D eigenvalue weighted by Gasteiger charge is 2.08. The maximum Gasteiger partial charge on any atom is 0.157 e. The van der Waals surface area contributed by atoms with Gasteiger partial charge in [-0.3, -0.25) is 0 Å². The lowest BCUT2D eigenvalue weighted by atomic mass is 10.2. The lowest BCUT2D eigenvalue weighted by Gasteiger charge is -2.11. The molecule has 19 heavy (non-hydrogen) atoms. The van der Waals surface area contributed by atoms with Gasteiger partial charge in [0, 0.05) is 6.54 Å². The minimum absolute atomic E-state index is 0.174. The largest absolute Gasteiger partial charge is 0.504 e. The summed E-state index contributed by atoms with van der Waals surface area (Å²) in [6, 6.07) is 6.73. The van der Waals surface area contributed by atoms with E-state index < -0.39 is 5.82 Å². The molecule has 0 aliphatic heterocycles. The van der Waals surface area contributed by atoms with E-state index >= 15 is 0 Å². The third-order valence-electron chi connectivity index (χ3n) is 2.52. The van der Waals surface area contributed by atoms with Crippen molar-refractivity contribution >= 4 is 28.9 Å². The SMILES string of the molecule is Oc1ccc(CNc2c(Cl)cc(F)cc2Cl)cc1O. The summed E-state index contributed by atoms with van der Waals surface area (Å²) in [5.74, 6) is -0.917. The van der Waals surface area contributed by atoms with Gasteiger partial charge in [-0.25, -0.2) is 4.39 Å². The van der Waals surface area contributed by atoms with Crippen LogP contribution in [0.25, 0.3) is 0 Å². The third kappa shape index (κ3) is 3.22. The molecule has 0 spiro atoms. The average molecular weight is 302 g/mol. The average Bonchev–Trinajstić information content (AvgIpc) is 2.32. The molecule has 0 atom stereocenters. The highest BCUT2D eigenvalue weighted by Crippen LogP contribution is 2.32. The highest BCUT2D eigenvalue weighted by molar-refractivity contribution is 6.39. The molecule has 100 valence electrons. The zero-order valence-corrected chi connectivity index (χ0v) is 11.1. The van der Waals surface area contributed by atoms with Crippen molar-refractivity contribution in [3.63, 3.8) is 0 Å². The van der Waals surface area contributed by atoms with Gasteiger partial charge in [0.15, 0.2) is 11.5 Å². The zero-order chi connectivity index (χ0) is 14.0. The lowest BCUT2D eigenvalue weighted by Crippen LogP contribution is -2.01. The van der Waals surface area contributed by atoms with Gasteiger partial charge >= 0.3 is 0 Å². The quantitative estimate of drug-likeness (QED) is 0.746. The van der Waals surface area contributed by atoms with Crippen molar-refractivity contribution in [1.29, 1.82) is 0 Å². The van der Waals surface area contributed by atoms with Crippen LogP contribution in [0.2, 0.25) is 10.0 Å². The number of aromatic hydroxyl groups is 2. The highest BCUT2D eigenvalue weighted by atomic mass is 35.5. The number of halogens is 3. The first-order chi connectivity index (χ1) is 8.97. The van der Waals surface area contributed by atoms with E-state index in [1.54, 1.807) is 6.07 Å². The molecular weight excluding hydrogens is 292 g/mol. The van der Waals surface area contributed by atoms with Gasteiger partial charge in [-0.05, 0) is 29.8 Å². The molecule has 0 saturated heterocycles. The van der Waals surface area contributed by atoms with Gasteiger partial charge in [0.05, 0.1) is 15.7 Å². The van der Waals surface area contributed by atoms with Gasteiger partial charge in [0.1, 0.15) is 5.82 Å². The number of benzene rings is 2. The molecule has 2 rings (SSSR count). The molecule has 0 aliphatic carbocycles. The van der Waals surface area contributed by atoms with Crippen molar-refractivity contribution in [2.45, 2.75) is 6.54 Å². The summed E-state index contributed by atoms with van der Waals surface area (Å²) in [7, 11) is 0. The fourth-order valence-electron chi connectivity index (χ4n) is 1.58. The van der Waals surface area contributed by atoms with Crippen LogP contribution in [0.1, 0.15) is 5.56 Å². The van der Waals surface area contributed by atoms with E-state index in [1.165, 1.54) is 12.1 Å². The molecule has 2 aromatic carbocycles. The van der Waals surface area contributed by atoms with E-state index in [0.29, 0.717) is 17.8 Å². The van der Waals surface area contributed by atoms with Crippen LogP contribution in [-0.4, -0.2) is 10.2 Å². The Bertz CT molecular complexity index is 597. The second-order valence-electron chi connectivity index (χ2n) is 3.92. The third-order valence-corrected chi connectivity index (χ3v) is 3.11. The summed E-state index contributed by atoms with van der Waals surface area (Å²) in [6.45, 7) is 0.318. The Balaban J connectivity index is 2.16. The van der Waals surface area contributed by atoms with Crippen LogP contribution in [0, 0.1) is 5.82 Å². The molecule has 0 amide bonds. The molecular formula is C13H10Cl2FNO2. The van der Waals surface area contributed by atoms with Gasteiger partial charge < -0.3 is 15.5 Å². The molecule has 3 N–H and O–H groups in total. The number of hydrogen-bond acceptors (Lipinski definition) is 3. The van der Waals surface area contributed by atoms with Gasteiger partial charge in [0.2, 0.25) is 0 Å². The molecule has 0 heterocycles.